The van der Waals surface area contributed by atoms with Crippen LogP contribution in [0.2, 0.25) is 5.02 Å². The number of anilines is 2. The second-order valence-electron chi connectivity index (χ2n) is 8.32. The number of aliphatic hydroxyl groups is 1. The Morgan fingerprint density at radius 1 is 1.13 bits per heavy atom. The smallest absolute Gasteiger partial charge is 0.225 e. The highest BCUT2D eigenvalue weighted by Gasteiger charge is 2.45. The minimum atomic E-state index is -1.08. The molecule has 2 aliphatic heterocycles. The topological polar surface area (TPSA) is 95.3 Å². The van der Waals surface area contributed by atoms with Gasteiger partial charge in [-0.2, -0.15) is 0 Å². The van der Waals surface area contributed by atoms with Crippen molar-refractivity contribution in [3.05, 3.63) is 29.4 Å². The first-order valence-electron chi connectivity index (χ1n) is 10.5. The van der Waals surface area contributed by atoms with Gasteiger partial charge >= 0.3 is 0 Å². The van der Waals surface area contributed by atoms with E-state index < -0.39 is 10.8 Å². The summed E-state index contributed by atoms with van der Waals surface area (Å²) in [6, 6.07) is 0. The number of hydrogen-bond acceptors (Lipinski definition) is 8. The Balaban J connectivity index is 1.36. The lowest BCUT2D eigenvalue weighted by Gasteiger charge is -2.51. The summed E-state index contributed by atoms with van der Waals surface area (Å²) in [6.07, 6.45) is 9.81. The normalized spacial score (nSPS) is 23.7. The van der Waals surface area contributed by atoms with E-state index in [9.17, 15) is 9.32 Å². The van der Waals surface area contributed by atoms with Gasteiger partial charge in [-0.05, 0) is 32.1 Å². The number of halogens is 1. The van der Waals surface area contributed by atoms with E-state index >= 15 is 0 Å². The molecule has 3 aliphatic rings. The molecule has 4 heterocycles. The number of piperidine rings is 1. The van der Waals surface area contributed by atoms with Crippen molar-refractivity contribution >= 4 is 34.2 Å². The Morgan fingerprint density at radius 2 is 1.87 bits per heavy atom. The average Bonchev–Trinajstić information content (AvgIpc) is 2.75. The van der Waals surface area contributed by atoms with Crippen LogP contribution in [0.1, 0.15) is 43.8 Å². The first-order chi connectivity index (χ1) is 14.6. The van der Waals surface area contributed by atoms with Crippen LogP contribution in [0.3, 0.4) is 0 Å². The van der Waals surface area contributed by atoms with Crippen LogP contribution < -0.4 is 9.80 Å². The van der Waals surface area contributed by atoms with Gasteiger partial charge in [0, 0.05) is 37.5 Å². The summed E-state index contributed by atoms with van der Waals surface area (Å²) in [5, 5.41) is 10.6. The van der Waals surface area contributed by atoms with Crippen LogP contribution in [0.15, 0.2) is 23.5 Å². The number of nitrogens with zero attached hydrogens (tertiary/aromatic N) is 6. The van der Waals surface area contributed by atoms with E-state index in [1.54, 1.807) is 18.6 Å². The summed E-state index contributed by atoms with van der Waals surface area (Å²) >= 11 is 5.89. The molecule has 160 valence electrons. The van der Waals surface area contributed by atoms with Crippen molar-refractivity contribution in [2.24, 2.45) is 0 Å². The Labute approximate surface area is 183 Å². The van der Waals surface area contributed by atoms with Gasteiger partial charge in [-0.25, -0.2) is 19.9 Å². The molecule has 1 saturated carbocycles. The molecule has 2 aromatic rings. The van der Waals surface area contributed by atoms with E-state index in [2.05, 4.69) is 24.8 Å². The van der Waals surface area contributed by atoms with E-state index in [0.717, 1.165) is 56.8 Å². The lowest BCUT2D eigenvalue weighted by Crippen LogP contribution is -2.59. The highest BCUT2D eigenvalue weighted by Crippen LogP contribution is 2.43. The van der Waals surface area contributed by atoms with Crippen molar-refractivity contribution < 1.29 is 9.32 Å². The number of hydrogen-bond donors (Lipinski definition) is 1. The van der Waals surface area contributed by atoms with Crippen LogP contribution in [-0.2, 0) is 10.8 Å². The maximum Gasteiger partial charge on any atom is 0.225 e. The van der Waals surface area contributed by atoms with Gasteiger partial charge in [-0.15, -0.1) is 0 Å². The third-order valence-electron chi connectivity index (χ3n) is 6.66. The van der Waals surface area contributed by atoms with Gasteiger partial charge in [0.05, 0.1) is 45.3 Å². The SMILES string of the molecule is O=[S@]1CCN(C2(CO)CCC2)c2nc(C3CCN(c4ncc(Cl)cn4)CC3)ncc21. The molecule has 0 bridgehead atoms. The fourth-order valence-corrected chi connectivity index (χ4v) is 5.88. The molecule has 0 radical (unpaired) electrons. The van der Waals surface area contributed by atoms with Gasteiger partial charge < -0.3 is 14.9 Å². The summed E-state index contributed by atoms with van der Waals surface area (Å²) < 4.78 is 12.6. The van der Waals surface area contributed by atoms with Gasteiger partial charge in [-0.3, -0.25) is 4.21 Å². The molecular weight excluding hydrogens is 424 g/mol. The van der Waals surface area contributed by atoms with Gasteiger partial charge in [0.25, 0.3) is 0 Å². The molecule has 8 nitrogen and oxygen atoms in total. The van der Waals surface area contributed by atoms with Crippen molar-refractivity contribution in [3.8, 4) is 0 Å². The molecule has 0 aromatic carbocycles. The minimum Gasteiger partial charge on any atom is -0.394 e. The fourth-order valence-electron chi connectivity index (χ4n) is 4.68. The van der Waals surface area contributed by atoms with Gasteiger partial charge in [0.1, 0.15) is 11.6 Å². The zero-order chi connectivity index (χ0) is 20.7. The van der Waals surface area contributed by atoms with Crippen molar-refractivity contribution in [2.45, 2.75) is 48.5 Å². The van der Waals surface area contributed by atoms with E-state index in [-0.39, 0.29) is 18.1 Å². The van der Waals surface area contributed by atoms with Crippen molar-refractivity contribution in [1.29, 1.82) is 0 Å². The summed E-state index contributed by atoms with van der Waals surface area (Å²) in [5.74, 6) is 3.07. The molecule has 2 aromatic heterocycles. The minimum absolute atomic E-state index is 0.109. The number of fused-ring (bicyclic) bond motifs is 1. The second-order valence-corrected chi connectivity index (χ2v) is 10.3. The maximum atomic E-state index is 12.6. The molecule has 0 unspecified atom stereocenters. The average molecular weight is 449 g/mol. The highest BCUT2D eigenvalue weighted by molar-refractivity contribution is 7.85. The number of aliphatic hydroxyl groups excluding tert-OH is 1. The zero-order valence-corrected chi connectivity index (χ0v) is 18.3. The molecule has 10 heteroatoms. The first-order valence-corrected chi connectivity index (χ1v) is 12.2. The largest absolute Gasteiger partial charge is 0.394 e. The standard InChI is InChI=1S/C20H25ClN6O2S/c21-15-10-23-19(24-11-15)26-6-2-14(3-7-26)17-22-12-16-18(25-17)27(8-9-30(16)29)20(13-28)4-1-5-20/h10-12,14,28H,1-9,13H2/t30-/m0/s1. The molecule has 5 rings (SSSR count). The number of aromatic nitrogens is 4. The van der Waals surface area contributed by atoms with Crippen LogP contribution in [0, 0.1) is 0 Å². The van der Waals surface area contributed by atoms with E-state index in [1.807, 2.05) is 0 Å². The van der Waals surface area contributed by atoms with E-state index in [0.29, 0.717) is 28.2 Å². The molecule has 0 spiro atoms. The molecule has 2 fully saturated rings. The third kappa shape index (κ3) is 3.46. The second kappa shape index (κ2) is 8.01. The van der Waals surface area contributed by atoms with Crippen LogP contribution in [-0.4, -0.2) is 66.8 Å². The Kier molecular flexibility index (Phi) is 5.37. The lowest BCUT2D eigenvalue weighted by atomic mass is 9.76. The molecule has 30 heavy (non-hydrogen) atoms. The van der Waals surface area contributed by atoms with Crippen LogP contribution >= 0.6 is 11.6 Å². The summed E-state index contributed by atoms with van der Waals surface area (Å²) in [5.41, 5.74) is -0.250. The van der Waals surface area contributed by atoms with Crippen LogP contribution in [0.25, 0.3) is 0 Å². The van der Waals surface area contributed by atoms with Crippen LogP contribution in [0.5, 0.6) is 0 Å². The van der Waals surface area contributed by atoms with Crippen molar-refractivity contribution in [3.63, 3.8) is 0 Å². The van der Waals surface area contributed by atoms with E-state index in [1.165, 1.54) is 0 Å². The van der Waals surface area contributed by atoms with Gasteiger partial charge in [0.2, 0.25) is 5.95 Å². The van der Waals surface area contributed by atoms with Crippen molar-refractivity contribution in [2.75, 3.05) is 41.8 Å². The molecule has 1 N–H and O–H groups in total. The molecule has 1 atom stereocenters. The Morgan fingerprint density at radius 3 is 2.50 bits per heavy atom. The Hall–Kier alpha value is -1.84. The predicted octanol–water partition coefficient (Wildman–Crippen LogP) is 2.15. The highest BCUT2D eigenvalue weighted by atomic mass is 35.5. The molecule has 1 aliphatic carbocycles. The zero-order valence-electron chi connectivity index (χ0n) is 16.7. The summed E-state index contributed by atoms with van der Waals surface area (Å²) in [6.45, 7) is 2.42. The monoisotopic (exact) mass is 448 g/mol. The van der Waals surface area contributed by atoms with Crippen molar-refractivity contribution in [1.82, 2.24) is 19.9 Å². The number of rotatable bonds is 4. The molecule has 0 amide bonds. The maximum absolute atomic E-state index is 12.6. The summed E-state index contributed by atoms with van der Waals surface area (Å²) in [4.78, 5) is 23.2. The predicted molar refractivity (Wildman–Crippen MR) is 116 cm³/mol. The molecular formula is C20H25ClN6O2S. The molecule has 1 saturated heterocycles. The van der Waals surface area contributed by atoms with Gasteiger partial charge in [-0.1, -0.05) is 11.6 Å². The fraction of sp³-hybridized carbons (Fsp3) is 0.600. The third-order valence-corrected chi connectivity index (χ3v) is 8.18. The van der Waals surface area contributed by atoms with E-state index in [4.69, 9.17) is 16.6 Å². The lowest BCUT2D eigenvalue weighted by molar-refractivity contribution is 0.115. The van der Waals surface area contributed by atoms with Crippen LogP contribution in [0.4, 0.5) is 11.8 Å². The Bertz CT molecular complexity index is 941. The first kappa shape index (κ1) is 20.1. The summed E-state index contributed by atoms with van der Waals surface area (Å²) in [7, 11) is -1.08. The quantitative estimate of drug-likeness (QED) is 0.760. The van der Waals surface area contributed by atoms with Gasteiger partial charge in [0.15, 0.2) is 0 Å².